The van der Waals surface area contributed by atoms with Gasteiger partial charge in [-0.15, -0.1) is 0 Å². The fourth-order valence-corrected chi connectivity index (χ4v) is 4.16. The van der Waals surface area contributed by atoms with E-state index in [9.17, 15) is 9.59 Å². The van der Waals surface area contributed by atoms with Gasteiger partial charge in [0.1, 0.15) is 0 Å². The molecule has 31 heavy (non-hydrogen) atoms. The highest BCUT2D eigenvalue weighted by Gasteiger charge is 2.46. The second kappa shape index (κ2) is 7.42. The molecule has 158 valence electrons. The lowest BCUT2D eigenvalue weighted by molar-refractivity contribution is -0.117. The summed E-state index contributed by atoms with van der Waals surface area (Å²) in [4.78, 5) is 30.1. The fraction of sp³-hybridized carbons (Fsp3) is 0.261. The van der Waals surface area contributed by atoms with Gasteiger partial charge in [0.05, 0.1) is 28.1 Å². The van der Waals surface area contributed by atoms with Crippen LogP contribution < -0.4 is 11.0 Å². The van der Waals surface area contributed by atoms with Crippen LogP contribution in [0.15, 0.2) is 53.3 Å². The van der Waals surface area contributed by atoms with Gasteiger partial charge in [0.25, 0.3) is 0 Å². The van der Waals surface area contributed by atoms with Crippen molar-refractivity contribution in [1.82, 2.24) is 19.7 Å². The third-order valence-corrected chi connectivity index (χ3v) is 5.95. The normalized spacial score (nSPS) is 17.9. The number of hydrogen-bond acceptors (Lipinski definition) is 3. The van der Waals surface area contributed by atoms with Crippen LogP contribution >= 0.6 is 11.6 Å². The minimum Gasteiger partial charge on any atom is -0.324 e. The van der Waals surface area contributed by atoms with Crippen LogP contribution in [0, 0.1) is 5.92 Å². The van der Waals surface area contributed by atoms with Crippen molar-refractivity contribution in [2.75, 3.05) is 5.32 Å². The van der Waals surface area contributed by atoms with Gasteiger partial charge in [-0.3, -0.25) is 4.79 Å². The van der Waals surface area contributed by atoms with Crippen LogP contribution in [0.3, 0.4) is 0 Å². The van der Waals surface area contributed by atoms with Crippen LogP contribution in [-0.2, 0) is 4.79 Å². The Morgan fingerprint density at radius 1 is 1.19 bits per heavy atom. The average molecular weight is 436 g/mol. The molecule has 8 heteroatoms. The zero-order valence-electron chi connectivity index (χ0n) is 17.1. The van der Waals surface area contributed by atoms with Crippen LogP contribution in [0.1, 0.15) is 43.5 Å². The molecule has 2 aromatic heterocycles. The average Bonchev–Trinajstić information content (AvgIpc) is 3.23. The summed E-state index contributed by atoms with van der Waals surface area (Å²) in [6, 6.07) is 15.0. The van der Waals surface area contributed by atoms with Crippen molar-refractivity contribution in [2.24, 2.45) is 5.92 Å². The molecule has 1 saturated carbocycles. The Bertz CT molecular complexity index is 1350. The molecule has 2 atom stereocenters. The van der Waals surface area contributed by atoms with Crippen LogP contribution in [0.5, 0.6) is 0 Å². The monoisotopic (exact) mass is 435 g/mol. The molecule has 1 amide bonds. The van der Waals surface area contributed by atoms with E-state index in [1.54, 1.807) is 18.2 Å². The summed E-state index contributed by atoms with van der Waals surface area (Å²) in [5, 5.41) is 8.41. The minimum atomic E-state index is -0.298. The first-order valence-corrected chi connectivity index (χ1v) is 10.7. The Kier molecular flexibility index (Phi) is 4.70. The summed E-state index contributed by atoms with van der Waals surface area (Å²) in [6.07, 6.45) is 0.745. The predicted octanol–water partition coefficient (Wildman–Crippen LogP) is 4.56. The number of imidazole rings is 1. The van der Waals surface area contributed by atoms with Crippen LogP contribution in [0.2, 0.25) is 5.02 Å². The number of hydrogen-bond donors (Lipinski definition) is 3. The van der Waals surface area contributed by atoms with Gasteiger partial charge in [0, 0.05) is 22.6 Å². The Morgan fingerprint density at radius 3 is 2.77 bits per heavy atom. The highest BCUT2D eigenvalue weighted by Crippen LogP contribution is 2.49. The quantitative estimate of drug-likeness (QED) is 0.428. The first kappa shape index (κ1) is 19.6. The molecule has 1 aliphatic rings. The standard InChI is InChI=1S/C23H22ClN5O2/c1-12(2)19-11-20(29(28-19)14-6-3-5-13(24)9-14)15-10-16(15)22(30)25-17-7-4-8-18-21(17)27-23(31)26-18/h3-9,11-12,15-16H,10H2,1-2H3,(H,25,30)(H2,26,27,31). The number of carbonyl (C=O) groups is 1. The van der Waals surface area contributed by atoms with Crippen molar-refractivity contribution in [2.45, 2.75) is 32.1 Å². The van der Waals surface area contributed by atoms with Crippen LogP contribution in [-0.4, -0.2) is 25.7 Å². The maximum absolute atomic E-state index is 13.0. The number of carbonyl (C=O) groups excluding carboxylic acids is 1. The van der Waals surface area contributed by atoms with Crippen molar-refractivity contribution < 1.29 is 4.79 Å². The predicted molar refractivity (Wildman–Crippen MR) is 121 cm³/mol. The van der Waals surface area contributed by atoms with Crippen LogP contribution in [0.4, 0.5) is 5.69 Å². The molecule has 0 saturated heterocycles. The molecular weight excluding hydrogens is 414 g/mol. The summed E-state index contributed by atoms with van der Waals surface area (Å²) in [5.41, 5.74) is 4.44. The first-order chi connectivity index (χ1) is 14.9. The van der Waals surface area contributed by atoms with E-state index in [0.29, 0.717) is 21.7 Å². The van der Waals surface area contributed by atoms with E-state index in [4.69, 9.17) is 16.7 Å². The van der Waals surface area contributed by atoms with Gasteiger partial charge in [-0.2, -0.15) is 5.10 Å². The fourth-order valence-electron chi connectivity index (χ4n) is 3.98. The first-order valence-electron chi connectivity index (χ1n) is 10.3. The maximum atomic E-state index is 13.0. The van der Waals surface area contributed by atoms with E-state index in [-0.39, 0.29) is 29.4 Å². The molecule has 0 radical (unpaired) electrons. The highest BCUT2D eigenvalue weighted by atomic mass is 35.5. The molecular formula is C23H22ClN5O2. The van der Waals surface area contributed by atoms with E-state index in [2.05, 4.69) is 35.2 Å². The van der Waals surface area contributed by atoms with E-state index in [1.807, 2.05) is 28.9 Å². The molecule has 4 aromatic rings. The number of halogens is 1. The van der Waals surface area contributed by atoms with Gasteiger partial charge < -0.3 is 15.3 Å². The topological polar surface area (TPSA) is 95.6 Å². The summed E-state index contributed by atoms with van der Waals surface area (Å²) in [6.45, 7) is 4.20. The third kappa shape index (κ3) is 3.65. The third-order valence-electron chi connectivity index (χ3n) is 5.72. The second-order valence-electron chi connectivity index (χ2n) is 8.29. The number of anilines is 1. The van der Waals surface area contributed by atoms with E-state index < -0.39 is 0 Å². The SMILES string of the molecule is CC(C)c1cc(C2CC2C(=O)Nc2cccc3[nH]c(=O)[nH]c23)n(-c2cccc(Cl)c2)n1. The number of nitrogens with one attached hydrogen (secondary N) is 3. The summed E-state index contributed by atoms with van der Waals surface area (Å²) in [7, 11) is 0. The second-order valence-corrected chi connectivity index (χ2v) is 8.72. The number of H-pyrrole nitrogens is 2. The number of aromatic amines is 2. The van der Waals surface area contributed by atoms with Crippen LogP contribution in [0.25, 0.3) is 16.7 Å². The molecule has 0 spiro atoms. The largest absolute Gasteiger partial charge is 0.324 e. The number of para-hydroxylation sites is 1. The summed E-state index contributed by atoms with van der Waals surface area (Å²) >= 11 is 6.20. The molecule has 2 heterocycles. The zero-order valence-corrected chi connectivity index (χ0v) is 17.9. The minimum absolute atomic E-state index is 0.0653. The molecule has 3 N–H and O–H groups in total. The molecule has 0 bridgehead atoms. The van der Waals surface area contributed by atoms with Gasteiger partial charge >= 0.3 is 5.69 Å². The Labute approximate surface area is 183 Å². The van der Waals surface area contributed by atoms with Gasteiger partial charge in [0.15, 0.2) is 0 Å². The van der Waals surface area contributed by atoms with Crippen molar-refractivity contribution in [3.8, 4) is 5.69 Å². The smallest absolute Gasteiger partial charge is 0.323 e. The molecule has 7 nitrogen and oxygen atoms in total. The van der Waals surface area contributed by atoms with E-state index in [0.717, 1.165) is 23.5 Å². The zero-order chi connectivity index (χ0) is 21.7. The lowest BCUT2D eigenvalue weighted by Crippen LogP contribution is -2.15. The lowest BCUT2D eigenvalue weighted by atomic mass is 10.1. The van der Waals surface area contributed by atoms with E-state index >= 15 is 0 Å². The Hall–Kier alpha value is -3.32. The van der Waals surface area contributed by atoms with Crippen molar-refractivity contribution in [3.63, 3.8) is 0 Å². The molecule has 0 aliphatic heterocycles. The number of rotatable bonds is 5. The molecule has 2 aromatic carbocycles. The van der Waals surface area contributed by atoms with Crippen molar-refractivity contribution in [3.05, 3.63) is 75.4 Å². The van der Waals surface area contributed by atoms with Gasteiger partial charge in [-0.25, -0.2) is 9.48 Å². The van der Waals surface area contributed by atoms with Gasteiger partial charge in [-0.1, -0.05) is 37.6 Å². The van der Waals surface area contributed by atoms with E-state index in [1.165, 1.54) is 0 Å². The number of aromatic nitrogens is 4. The number of benzene rings is 2. The number of fused-ring (bicyclic) bond motifs is 1. The number of nitrogens with zero attached hydrogens (tertiary/aromatic N) is 2. The highest BCUT2D eigenvalue weighted by molar-refractivity contribution is 6.30. The maximum Gasteiger partial charge on any atom is 0.323 e. The van der Waals surface area contributed by atoms with Gasteiger partial charge in [0.2, 0.25) is 5.91 Å². The van der Waals surface area contributed by atoms with Crippen molar-refractivity contribution in [1.29, 1.82) is 0 Å². The molecule has 1 aliphatic carbocycles. The Balaban J connectivity index is 1.42. The summed E-state index contributed by atoms with van der Waals surface area (Å²) in [5.74, 6) is 0.122. The molecule has 2 unspecified atom stereocenters. The van der Waals surface area contributed by atoms with Gasteiger partial charge in [-0.05, 0) is 48.7 Å². The summed E-state index contributed by atoms with van der Waals surface area (Å²) < 4.78 is 1.91. The number of amides is 1. The Morgan fingerprint density at radius 2 is 2.00 bits per heavy atom. The molecule has 1 fully saturated rings. The lowest BCUT2D eigenvalue weighted by Gasteiger charge is -2.09. The molecule has 5 rings (SSSR count). The van der Waals surface area contributed by atoms with Crippen molar-refractivity contribution >= 4 is 34.2 Å².